The quantitative estimate of drug-likeness (QED) is 0.430. The number of primary amides is 1. The van der Waals surface area contributed by atoms with Crippen LogP contribution in [0, 0.1) is 10.1 Å². The highest BCUT2D eigenvalue weighted by molar-refractivity contribution is 6.17. The summed E-state index contributed by atoms with van der Waals surface area (Å²) < 4.78 is 0. The Hall–Kier alpha value is -1.79. The second kappa shape index (κ2) is 2.68. The standard InChI is InChI=1S/C5H6N4O3/c6-4(10)3-5(9(11)12)7-1-2-8-5/h1-2H,3H2,(H2,6,10). The third-order valence-corrected chi connectivity index (χ3v) is 1.33. The van der Waals surface area contributed by atoms with E-state index in [-0.39, 0.29) is 0 Å². The molecule has 0 spiro atoms. The van der Waals surface area contributed by atoms with Gasteiger partial charge in [0.05, 0.1) is 4.92 Å². The zero-order chi connectivity index (χ0) is 9.19. The lowest BCUT2D eigenvalue weighted by atomic mass is 10.2. The summed E-state index contributed by atoms with van der Waals surface area (Å²) in [6.45, 7) is 0. The van der Waals surface area contributed by atoms with Gasteiger partial charge in [-0.3, -0.25) is 14.9 Å². The monoisotopic (exact) mass is 170 g/mol. The summed E-state index contributed by atoms with van der Waals surface area (Å²) in [6.07, 6.45) is 1.84. The van der Waals surface area contributed by atoms with Crippen molar-refractivity contribution in [1.29, 1.82) is 0 Å². The molecule has 0 fully saturated rings. The number of nitro groups is 1. The van der Waals surface area contributed by atoms with E-state index in [1.165, 1.54) is 12.4 Å². The Morgan fingerprint density at radius 2 is 2.08 bits per heavy atom. The number of nitrogens with two attached hydrogens (primary N) is 1. The first kappa shape index (κ1) is 8.31. The Kier molecular flexibility index (Phi) is 1.86. The zero-order valence-electron chi connectivity index (χ0n) is 6.01. The number of hydrogen-bond donors (Lipinski definition) is 1. The zero-order valence-corrected chi connectivity index (χ0v) is 6.01. The van der Waals surface area contributed by atoms with E-state index in [2.05, 4.69) is 9.98 Å². The fourth-order valence-corrected chi connectivity index (χ4v) is 0.823. The van der Waals surface area contributed by atoms with Crippen LogP contribution in [0.3, 0.4) is 0 Å². The Morgan fingerprint density at radius 3 is 2.42 bits per heavy atom. The number of amides is 1. The van der Waals surface area contributed by atoms with Crippen molar-refractivity contribution in [3.05, 3.63) is 10.1 Å². The molecule has 0 aliphatic carbocycles. The summed E-state index contributed by atoms with van der Waals surface area (Å²) in [5.74, 6) is -2.70. The van der Waals surface area contributed by atoms with Crippen LogP contribution < -0.4 is 5.73 Å². The van der Waals surface area contributed by atoms with Crippen molar-refractivity contribution in [1.82, 2.24) is 0 Å². The first-order valence-corrected chi connectivity index (χ1v) is 3.09. The molecule has 0 radical (unpaired) electrons. The van der Waals surface area contributed by atoms with Crippen LogP contribution in [-0.4, -0.2) is 29.0 Å². The van der Waals surface area contributed by atoms with E-state index < -0.39 is 23.0 Å². The predicted octanol–water partition coefficient (Wildman–Crippen LogP) is -1.05. The lowest BCUT2D eigenvalue weighted by Crippen LogP contribution is -2.37. The van der Waals surface area contributed by atoms with Gasteiger partial charge < -0.3 is 5.73 Å². The van der Waals surface area contributed by atoms with Gasteiger partial charge in [0.25, 0.3) is 0 Å². The van der Waals surface area contributed by atoms with Crippen LogP contribution in [0.25, 0.3) is 0 Å². The minimum absolute atomic E-state index is 0.507. The molecule has 1 aliphatic heterocycles. The highest BCUT2D eigenvalue weighted by Gasteiger charge is 2.45. The molecule has 1 heterocycles. The van der Waals surface area contributed by atoms with Crippen LogP contribution >= 0.6 is 0 Å². The molecule has 1 amide bonds. The molecule has 0 bridgehead atoms. The first-order valence-electron chi connectivity index (χ1n) is 3.09. The highest BCUT2D eigenvalue weighted by Crippen LogP contribution is 2.20. The molecule has 0 aromatic carbocycles. The van der Waals surface area contributed by atoms with Crippen LogP contribution in [0.15, 0.2) is 9.98 Å². The highest BCUT2D eigenvalue weighted by atomic mass is 16.6. The van der Waals surface area contributed by atoms with Gasteiger partial charge in [-0.05, 0) is 0 Å². The molecule has 7 nitrogen and oxygen atoms in total. The Bertz CT molecular complexity index is 270. The molecule has 64 valence electrons. The van der Waals surface area contributed by atoms with E-state index in [1.54, 1.807) is 0 Å². The third-order valence-electron chi connectivity index (χ3n) is 1.33. The molecule has 0 saturated heterocycles. The molecular formula is C5H6N4O3. The van der Waals surface area contributed by atoms with Crippen molar-refractivity contribution in [2.24, 2.45) is 15.7 Å². The first-order chi connectivity index (χ1) is 5.57. The van der Waals surface area contributed by atoms with Gasteiger partial charge in [0.1, 0.15) is 6.42 Å². The number of aliphatic imine (C=N–C) groups is 2. The van der Waals surface area contributed by atoms with Gasteiger partial charge in [-0.1, -0.05) is 0 Å². The minimum atomic E-state index is -1.90. The largest absolute Gasteiger partial charge is 0.420 e. The lowest BCUT2D eigenvalue weighted by molar-refractivity contribution is -0.563. The second-order valence-corrected chi connectivity index (χ2v) is 2.23. The predicted molar refractivity (Wildman–Crippen MR) is 40.5 cm³/mol. The minimum Gasteiger partial charge on any atom is -0.369 e. The van der Waals surface area contributed by atoms with Gasteiger partial charge in [-0.25, -0.2) is 0 Å². The maximum absolute atomic E-state index is 10.4. The van der Waals surface area contributed by atoms with Gasteiger partial charge in [0.2, 0.25) is 5.91 Å². The molecule has 2 N–H and O–H groups in total. The van der Waals surface area contributed by atoms with Gasteiger partial charge in [-0.2, -0.15) is 9.98 Å². The molecule has 1 rings (SSSR count). The summed E-state index contributed by atoms with van der Waals surface area (Å²) in [5.41, 5.74) is 4.80. The van der Waals surface area contributed by atoms with Crippen LogP contribution in [0.1, 0.15) is 6.42 Å². The second-order valence-electron chi connectivity index (χ2n) is 2.23. The maximum atomic E-state index is 10.4. The normalized spacial score (nSPS) is 18.0. The Labute approximate surface area is 67.1 Å². The van der Waals surface area contributed by atoms with E-state index in [4.69, 9.17) is 5.73 Å². The van der Waals surface area contributed by atoms with Crippen LogP contribution in [0.4, 0.5) is 0 Å². The van der Waals surface area contributed by atoms with E-state index in [0.717, 1.165) is 0 Å². The fourth-order valence-electron chi connectivity index (χ4n) is 0.823. The smallest absolute Gasteiger partial charge is 0.369 e. The van der Waals surface area contributed by atoms with Crippen molar-refractivity contribution < 1.29 is 9.72 Å². The SMILES string of the molecule is NC(=O)CC1([N+](=O)[O-])N=CC=N1. The van der Waals surface area contributed by atoms with Crippen molar-refractivity contribution in [3.63, 3.8) is 0 Å². The molecule has 1 aliphatic rings. The Balaban J connectivity index is 2.88. The summed E-state index contributed by atoms with van der Waals surface area (Å²) in [7, 11) is 0. The average molecular weight is 170 g/mol. The Morgan fingerprint density at radius 1 is 1.58 bits per heavy atom. The topological polar surface area (TPSA) is 111 Å². The molecule has 0 unspecified atom stereocenters. The van der Waals surface area contributed by atoms with E-state index >= 15 is 0 Å². The maximum Gasteiger partial charge on any atom is 0.420 e. The number of carbonyl (C=O) groups is 1. The van der Waals surface area contributed by atoms with E-state index in [1.807, 2.05) is 0 Å². The van der Waals surface area contributed by atoms with Crippen molar-refractivity contribution in [2.45, 2.75) is 12.2 Å². The molecule has 0 aromatic heterocycles. The van der Waals surface area contributed by atoms with Crippen LogP contribution in [0.5, 0.6) is 0 Å². The van der Waals surface area contributed by atoms with Gasteiger partial charge in [0, 0.05) is 12.4 Å². The number of rotatable bonds is 3. The number of nitrogens with zero attached hydrogens (tertiary/aromatic N) is 3. The number of carbonyl (C=O) groups excluding carboxylic acids is 1. The van der Waals surface area contributed by atoms with Gasteiger partial charge in [0.15, 0.2) is 0 Å². The third kappa shape index (κ3) is 1.29. The van der Waals surface area contributed by atoms with Gasteiger partial charge >= 0.3 is 5.79 Å². The van der Waals surface area contributed by atoms with Gasteiger partial charge in [-0.15, -0.1) is 0 Å². The molecule has 0 atom stereocenters. The molecule has 0 aromatic rings. The average Bonchev–Trinajstić information content (AvgIpc) is 2.35. The van der Waals surface area contributed by atoms with E-state index in [9.17, 15) is 14.9 Å². The lowest BCUT2D eigenvalue weighted by Gasteiger charge is -2.10. The summed E-state index contributed by atoms with van der Waals surface area (Å²) in [6, 6.07) is 0. The molecule has 0 saturated carbocycles. The van der Waals surface area contributed by atoms with E-state index in [0.29, 0.717) is 0 Å². The molecule has 7 heteroatoms. The summed E-state index contributed by atoms with van der Waals surface area (Å²) in [4.78, 5) is 27.0. The molecule has 12 heavy (non-hydrogen) atoms. The van der Waals surface area contributed by atoms with Crippen molar-refractivity contribution >= 4 is 18.3 Å². The van der Waals surface area contributed by atoms with Crippen molar-refractivity contribution in [3.8, 4) is 0 Å². The fraction of sp³-hybridized carbons (Fsp3) is 0.400. The summed E-state index contributed by atoms with van der Waals surface area (Å²) >= 11 is 0. The van der Waals surface area contributed by atoms with Crippen LogP contribution in [0.2, 0.25) is 0 Å². The van der Waals surface area contributed by atoms with Crippen molar-refractivity contribution in [2.75, 3.05) is 0 Å². The molecular weight excluding hydrogens is 164 g/mol. The number of hydrogen-bond acceptors (Lipinski definition) is 5. The van der Waals surface area contributed by atoms with Crippen LogP contribution in [-0.2, 0) is 4.79 Å². The summed E-state index contributed by atoms with van der Waals surface area (Å²) in [5, 5.41) is 10.4.